The number of imidazole rings is 1. The third-order valence-electron chi connectivity index (χ3n) is 3.95. The van der Waals surface area contributed by atoms with Gasteiger partial charge in [0, 0.05) is 30.6 Å². The average Bonchev–Trinajstić information content (AvgIpc) is 3.29. The van der Waals surface area contributed by atoms with Crippen molar-refractivity contribution in [3.05, 3.63) is 54.5 Å². The van der Waals surface area contributed by atoms with Crippen molar-refractivity contribution in [3.8, 4) is 22.7 Å². The molecule has 1 saturated heterocycles. The quantitative estimate of drug-likeness (QED) is 0.765. The molecule has 120 valence electrons. The van der Waals surface area contributed by atoms with Crippen LogP contribution in [0.5, 0.6) is 5.75 Å². The Hall–Kier alpha value is -3.06. The fourth-order valence-corrected chi connectivity index (χ4v) is 2.67. The monoisotopic (exact) mass is 320 g/mol. The Balaban J connectivity index is 1.60. The highest BCUT2D eigenvalue weighted by Crippen LogP contribution is 2.29. The van der Waals surface area contributed by atoms with Crippen LogP contribution in [-0.2, 0) is 0 Å². The summed E-state index contributed by atoms with van der Waals surface area (Å²) in [4.78, 5) is 8.33. The van der Waals surface area contributed by atoms with E-state index in [4.69, 9.17) is 0 Å². The number of nitrogens with one attached hydrogen (secondary N) is 1. The first kappa shape index (κ1) is 14.5. The van der Waals surface area contributed by atoms with E-state index in [1.165, 1.54) is 5.57 Å². The summed E-state index contributed by atoms with van der Waals surface area (Å²) < 4.78 is 1.82. The van der Waals surface area contributed by atoms with Crippen LogP contribution in [0.15, 0.2) is 48.7 Å². The Kier molecular flexibility index (Phi) is 3.76. The van der Waals surface area contributed by atoms with E-state index in [1.54, 1.807) is 30.9 Å². The lowest BCUT2D eigenvalue weighted by atomic mass is 10.1. The highest BCUT2D eigenvalue weighted by Gasteiger charge is 2.10. The molecule has 1 aliphatic heterocycles. The molecule has 3 heterocycles. The van der Waals surface area contributed by atoms with Crippen molar-refractivity contribution in [1.82, 2.24) is 30.0 Å². The standard InChI is InChI=1S/C17H16N6O/c24-16-8-13(23-6-5-19-11-23)1-2-14(16)15-10-20-17(22-21-15)7-12-3-4-18-9-12/h1-2,5-8,10-11,18,24H,3-4,9H2/b12-7-. The lowest BCUT2D eigenvalue weighted by Gasteiger charge is -2.07. The van der Waals surface area contributed by atoms with E-state index in [2.05, 4.69) is 25.5 Å². The first-order valence-electron chi connectivity index (χ1n) is 7.71. The minimum atomic E-state index is 0.128. The third kappa shape index (κ3) is 2.89. The molecule has 24 heavy (non-hydrogen) atoms. The Bertz CT molecular complexity index is 863. The minimum absolute atomic E-state index is 0.128. The Morgan fingerprint density at radius 3 is 2.88 bits per heavy atom. The van der Waals surface area contributed by atoms with Crippen LogP contribution in [0.1, 0.15) is 12.2 Å². The fraction of sp³-hybridized carbons (Fsp3) is 0.176. The molecule has 2 N–H and O–H groups in total. The van der Waals surface area contributed by atoms with Crippen molar-refractivity contribution in [1.29, 1.82) is 0 Å². The molecule has 0 atom stereocenters. The average molecular weight is 320 g/mol. The van der Waals surface area contributed by atoms with E-state index < -0.39 is 0 Å². The number of aromatic nitrogens is 5. The van der Waals surface area contributed by atoms with Crippen molar-refractivity contribution in [2.45, 2.75) is 6.42 Å². The zero-order chi connectivity index (χ0) is 16.4. The maximum Gasteiger partial charge on any atom is 0.174 e. The zero-order valence-corrected chi connectivity index (χ0v) is 12.9. The Morgan fingerprint density at radius 1 is 1.25 bits per heavy atom. The first-order valence-corrected chi connectivity index (χ1v) is 7.71. The molecule has 0 aliphatic carbocycles. The fourth-order valence-electron chi connectivity index (χ4n) is 2.67. The van der Waals surface area contributed by atoms with Gasteiger partial charge in [-0.3, -0.25) is 0 Å². The zero-order valence-electron chi connectivity index (χ0n) is 12.9. The van der Waals surface area contributed by atoms with Crippen LogP contribution in [0.2, 0.25) is 0 Å². The number of aromatic hydroxyl groups is 1. The summed E-state index contributed by atoms with van der Waals surface area (Å²) in [6.45, 7) is 1.87. The molecule has 1 fully saturated rings. The van der Waals surface area contributed by atoms with Gasteiger partial charge in [-0.1, -0.05) is 5.57 Å². The van der Waals surface area contributed by atoms with Gasteiger partial charge in [-0.2, -0.15) is 0 Å². The van der Waals surface area contributed by atoms with Gasteiger partial charge in [-0.15, -0.1) is 10.2 Å². The van der Waals surface area contributed by atoms with Gasteiger partial charge < -0.3 is 15.0 Å². The second kappa shape index (κ2) is 6.21. The SMILES string of the molecule is Oc1cc(-n2ccnc2)ccc1-c1cnc(/C=C2/CCNC2)nn1. The molecule has 1 aliphatic rings. The van der Waals surface area contributed by atoms with Crippen LogP contribution in [0, 0.1) is 0 Å². The van der Waals surface area contributed by atoms with E-state index in [-0.39, 0.29) is 5.75 Å². The molecular weight excluding hydrogens is 304 g/mol. The van der Waals surface area contributed by atoms with Gasteiger partial charge >= 0.3 is 0 Å². The predicted molar refractivity (Wildman–Crippen MR) is 89.5 cm³/mol. The van der Waals surface area contributed by atoms with Gasteiger partial charge in [0.25, 0.3) is 0 Å². The molecule has 7 nitrogen and oxygen atoms in total. The van der Waals surface area contributed by atoms with Gasteiger partial charge in [0.15, 0.2) is 5.82 Å². The van der Waals surface area contributed by atoms with Crippen molar-refractivity contribution in [2.24, 2.45) is 0 Å². The molecule has 0 unspecified atom stereocenters. The number of nitrogens with zero attached hydrogens (tertiary/aromatic N) is 5. The van der Waals surface area contributed by atoms with Crippen LogP contribution >= 0.6 is 0 Å². The number of phenolic OH excluding ortho intramolecular Hbond substituents is 1. The van der Waals surface area contributed by atoms with Gasteiger partial charge in [-0.25, -0.2) is 9.97 Å². The van der Waals surface area contributed by atoms with Crippen LogP contribution < -0.4 is 5.32 Å². The summed E-state index contributed by atoms with van der Waals surface area (Å²) in [6.07, 6.45) is 9.79. The summed E-state index contributed by atoms with van der Waals surface area (Å²) in [5.74, 6) is 0.718. The predicted octanol–water partition coefficient (Wildman–Crippen LogP) is 1.81. The van der Waals surface area contributed by atoms with Gasteiger partial charge in [-0.05, 0) is 31.2 Å². The van der Waals surface area contributed by atoms with Gasteiger partial charge in [0.05, 0.1) is 18.2 Å². The van der Waals surface area contributed by atoms with E-state index >= 15 is 0 Å². The van der Waals surface area contributed by atoms with Crippen LogP contribution in [0.4, 0.5) is 0 Å². The van der Waals surface area contributed by atoms with E-state index in [0.29, 0.717) is 17.1 Å². The number of hydrogen-bond acceptors (Lipinski definition) is 6. The topological polar surface area (TPSA) is 88.8 Å². The smallest absolute Gasteiger partial charge is 0.174 e. The number of hydrogen-bond donors (Lipinski definition) is 2. The minimum Gasteiger partial charge on any atom is -0.507 e. The third-order valence-corrected chi connectivity index (χ3v) is 3.95. The summed E-state index contributed by atoms with van der Waals surface area (Å²) in [7, 11) is 0. The largest absolute Gasteiger partial charge is 0.507 e. The highest BCUT2D eigenvalue weighted by atomic mass is 16.3. The van der Waals surface area contributed by atoms with Crippen LogP contribution in [0.25, 0.3) is 23.0 Å². The molecule has 4 rings (SSSR count). The van der Waals surface area contributed by atoms with Gasteiger partial charge in [0.1, 0.15) is 11.4 Å². The second-order valence-corrected chi connectivity index (χ2v) is 5.60. The molecular formula is C17H16N6O. The number of benzene rings is 1. The molecule has 1 aromatic carbocycles. The summed E-state index contributed by atoms with van der Waals surface area (Å²) >= 11 is 0. The maximum absolute atomic E-state index is 10.3. The molecule has 2 aromatic heterocycles. The number of phenols is 1. The van der Waals surface area contributed by atoms with Gasteiger partial charge in [0.2, 0.25) is 0 Å². The first-order chi connectivity index (χ1) is 11.8. The summed E-state index contributed by atoms with van der Waals surface area (Å²) in [5, 5.41) is 21.9. The highest BCUT2D eigenvalue weighted by molar-refractivity contribution is 5.68. The maximum atomic E-state index is 10.3. The summed E-state index contributed by atoms with van der Waals surface area (Å²) in [5.41, 5.74) is 3.24. The summed E-state index contributed by atoms with van der Waals surface area (Å²) in [6, 6.07) is 5.35. The Morgan fingerprint density at radius 2 is 2.21 bits per heavy atom. The van der Waals surface area contributed by atoms with Crippen LogP contribution in [-0.4, -0.2) is 42.9 Å². The van der Waals surface area contributed by atoms with E-state index in [1.807, 2.05) is 22.9 Å². The van der Waals surface area contributed by atoms with Crippen molar-refractivity contribution >= 4 is 6.08 Å². The van der Waals surface area contributed by atoms with Crippen molar-refractivity contribution < 1.29 is 5.11 Å². The second-order valence-electron chi connectivity index (χ2n) is 5.60. The molecule has 3 aromatic rings. The lowest BCUT2D eigenvalue weighted by Crippen LogP contribution is -2.04. The molecule has 0 bridgehead atoms. The Labute approximate surface area is 138 Å². The van der Waals surface area contributed by atoms with E-state index in [0.717, 1.165) is 25.2 Å². The van der Waals surface area contributed by atoms with Crippen LogP contribution in [0.3, 0.4) is 0 Å². The normalized spacial score (nSPS) is 15.9. The molecule has 0 amide bonds. The molecule has 7 heteroatoms. The molecule has 0 radical (unpaired) electrons. The number of rotatable bonds is 3. The lowest BCUT2D eigenvalue weighted by molar-refractivity contribution is 0.476. The molecule has 0 saturated carbocycles. The van der Waals surface area contributed by atoms with Crippen molar-refractivity contribution in [2.75, 3.05) is 13.1 Å². The van der Waals surface area contributed by atoms with Crippen molar-refractivity contribution in [3.63, 3.8) is 0 Å². The van der Waals surface area contributed by atoms with E-state index in [9.17, 15) is 5.11 Å². The molecule has 0 spiro atoms.